The number of aromatic nitrogens is 2. The van der Waals surface area contributed by atoms with Crippen molar-refractivity contribution in [2.45, 2.75) is 20.5 Å². The first kappa shape index (κ1) is 14.1. The summed E-state index contributed by atoms with van der Waals surface area (Å²) in [4.78, 5) is 12.0. The third-order valence-corrected chi connectivity index (χ3v) is 3.33. The third kappa shape index (κ3) is 2.93. The van der Waals surface area contributed by atoms with Gasteiger partial charge in [-0.3, -0.25) is 0 Å². The summed E-state index contributed by atoms with van der Waals surface area (Å²) in [5, 5.41) is 4.11. The van der Waals surface area contributed by atoms with E-state index in [1.807, 2.05) is 62.4 Å². The summed E-state index contributed by atoms with van der Waals surface area (Å²) < 4.78 is 11.7. The molecule has 1 heterocycles. The van der Waals surface area contributed by atoms with E-state index in [4.69, 9.17) is 9.15 Å². The van der Waals surface area contributed by atoms with Crippen LogP contribution < -0.4 is 10.5 Å². The Hall–Kier alpha value is -2.82. The van der Waals surface area contributed by atoms with Crippen molar-refractivity contribution in [2.24, 2.45) is 0 Å². The van der Waals surface area contributed by atoms with Crippen molar-refractivity contribution in [1.82, 2.24) is 9.78 Å². The van der Waals surface area contributed by atoms with Gasteiger partial charge in [0.25, 0.3) is 0 Å². The molecule has 0 fully saturated rings. The van der Waals surface area contributed by atoms with Crippen molar-refractivity contribution in [2.75, 3.05) is 0 Å². The predicted molar refractivity (Wildman–Crippen MR) is 82.3 cm³/mol. The molecule has 0 saturated carbocycles. The average molecular weight is 296 g/mol. The molecule has 0 spiro atoms. The lowest BCUT2D eigenvalue weighted by molar-refractivity contribution is 0.215. The van der Waals surface area contributed by atoms with Crippen LogP contribution in [0.3, 0.4) is 0 Å². The zero-order valence-electron chi connectivity index (χ0n) is 12.4. The van der Waals surface area contributed by atoms with E-state index < -0.39 is 5.76 Å². The first-order chi connectivity index (χ1) is 10.6. The van der Waals surface area contributed by atoms with Crippen LogP contribution in [0.15, 0.2) is 57.7 Å². The standard InChI is InChI=1S/C17H16N2O3/c1-12-8-9-13(2)15(10-12)19-17(20)22-16(18-19)21-11-14-6-4-3-5-7-14/h3-10H,11H2,1-2H3. The van der Waals surface area contributed by atoms with Crippen LogP contribution in [0.1, 0.15) is 16.7 Å². The Morgan fingerprint density at radius 3 is 2.68 bits per heavy atom. The smallest absolute Gasteiger partial charge is 0.444 e. The molecular formula is C17H16N2O3. The van der Waals surface area contributed by atoms with E-state index in [0.29, 0.717) is 12.3 Å². The highest BCUT2D eigenvalue weighted by atomic mass is 16.6. The second kappa shape index (κ2) is 5.89. The van der Waals surface area contributed by atoms with E-state index in [1.54, 1.807) is 0 Å². The highest BCUT2D eigenvalue weighted by molar-refractivity contribution is 5.41. The molecule has 5 heteroatoms. The molecule has 22 heavy (non-hydrogen) atoms. The van der Waals surface area contributed by atoms with Crippen LogP contribution >= 0.6 is 0 Å². The zero-order valence-corrected chi connectivity index (χ0v) is 12.4. The number of aryl methyl sites for hydroxylation is 2. The van der Waals surface area contributed by atoms with Crippen LogP contribution in [-0.4, -0.2) is 9.78 Å². The number of ether oxygens (including phenoxy) is 1. The predicted octanol–water partition coefficient (Wildman–Crippen LogP) is 3.02. The number of rotatable bonds is 4. The Morgan fingerprint density at radius 1 is 1.14 bits per heavy atom. The van der Waals surface area contributed by atoms with Gasteiger partial charge in [0.2, 0.25) is 0 Å². The average Bonchev–Trinajstić information content (AvgIpc) is 2.89. The monoisotopic (exact) mass is 296 g/mol. The molecule has 0 saturated heterocycles. The van der Waals surface area contributed by atoms with Gasteiger partial charge in [-0.15, -0.1) is 0 Å². The van der Waals surface area contributed by atoms with Crippen molar-refractivity contribution in [1.29, 1.82) is 0 Å². The second-order valence-electron chi connectivity index (χ2n) is 5.11. The van der Waals surface area contributed by atoms with Gasteiger partial charge in [0, 0.05) is 0 Å². The molecule has 0 amide bonds. The Kier molecular flexibility index (Phi) is 3.78. The summed E-state index contributed by atoms with van der Waals surface area (Å²) in [5.41, 5.74) is 3.66. The van der Waals surface area contributed by atoms with Crippen molar-refractivity contribution in [3.63, 3.8) is 0 Å². The van der Waals surface area contributed by atoms with Gasteiger partial charge in [0.1, 0.15) is 6.61 Å². The van der Waals surface area contributed by atoms with Crippen LogP contribution in [-0.2, 0) is 6.61 Å². The molecule has 0 bridgehead atoms. The van der Waals surface area contributed by atoms with E-state index in [-0.39, 0.29) is 6.08 Å². The molecule has 5 nitrogen and oxygen atoms in total. The summed E-state index contributed by atoms with van der Waals surface area (Å²) in [5.74, 6) is -0.559. The Labute approximate surface area is 127 Å². The van der Waals surface area contributed by atoms with E-state index >= 15 is 0 Å². The van der Waals surface area contributed by atoms with Crippen molar-refractivity contribution >= 4 is 0 Å². The summed E-state index contributed by atoms with van der Waals surface area (Å²) >= 11 is 0. The van der Waals surface area contributed by atoms with Crippen LogP contribution in [0, 0.1) is 13.8 Å². The van der Waals surface area contributed by atoms with E-state index in [9.17, 15) is 4.79 Å². The Bertz CT molecular complexity index is 835. The molecule has 0 N–H and O–H groups in total. The number of hydrogen-bond donors (Lipinski definition) is 0. The van der Waals surface area contributed by atoms with E-state index in [0.717, 1.165) is 16.7 Å². The molecule has 3 aromatic rings. The van der Waals surface area contributed by atoms with Crippen LogP contribution in [0.5, 0.6) is 6.08 Å². The van der Waals surface area contributed by atoms with Crippen molar-refractivity contribution in [3.05, 3.63) is 75.8 Å². The first-order valence-corrected chi connectivity index (χ1v) is 6.98. The molecule has 112 valence electrons. The fraction of sp³-hybridized carbons (Fsp3) is 0.176. The largest absolute Gasteiger partial charge is 0.444 e. The lowest BCUT2D eigenvalue weighted by Crippen LogP contribution is -2.14. The molecule has 0 atom stereocenters. The van der Waals surface area contributed by atoms with Gasteiger partial charge in [-0.1, -0.05) is 47.6 Å². The van der Waals surface area contributed by atoms with Gasteiger partial charge >= 0.3 is 11.8 Å². The van der Waals surface area contributed by atoms with Crippen LogP contribution in [0.4, 0.5) is 0 Å². The molecule has 2 aromatic carbocycles. The van der Waals surface area contributed by atoms with Gasteiger partial charge in [-0.2, -0.15) is 4.68 Å². The molecule has 0 aliphatic rings. The topological polar surface area (TPSA) is 57.3 Å². The summed E-state index contributed by atoms with van der Waals surface area (Å²) in [6, 6.07) is 15.4. The van der Waals surface area contributed by atoms with Crippen LogP contribution in [0.2, 0.25) is 0 Å². The Morgan fingerprint density at radius 2 is 1.91 bits per heavy atom. The van der Waals surface area contributed by atoms with Gasteiger partial charge < -0.3 is 9.15 Å². The van der Waals surface area contributed by atoms with Gasteiger partial charge in [0.05, 0.1) is 5.69 Å². The van der Waals surface area contributed by atoms with E-state index in [2.05, 4.69) is 5.10 Å². The first-order valence-electron chi connectivity index (χ1n) is 6.98. The number of nitrogens with zero attached hydrogens (tertiary/aromatic N) is 2. The maximum Gasteiger partial charge on any atom is 0.444 e. The lowest BCUT2D eigenvalue weighted by Gasteiger charge is -2.04. The van der Waals surface area contributed by atoms with Crippen molar-refractivity contribution < 1.29 is 9.15 Å². The molecular weight excluding hydrogens is 280 g/mol. The minimum absolute atomic E-state index is 0.0326. The lowest BCUT2D eigenvalue weighted by atomic mass is 10.1. The summed E-state index contributed by atoms with van der Waals surface area (Å²) in [6.07, 6.45) is -0.0326. The third-order valence-electron chi connectivity index (χ3n) is 3.33. The van der Waals surface area contributed by atoms with Gasteiger partial charge in [0.15, 0.2) is 0 Å². The van der Waals surface area contributed by atoms with E-state index in [1.165, 1.54) is 4.68 Å². The van der Waals surface area contributed by atoms with Crippen LogP contribution in [0.25, 0.3) is 5.69 Å². The minimum Gasteiger partial charge on any atom is -0.444 e. The highest BCUT2D eigenvalue weighted by Gasteiger charge is 2.13. The normalized spacial score (nSPS) is 10.6. The zero-order chi connectivity index (χ0) is 15.5. The fourth-order valence-electron chi connectivity index (χ4n) is 2.14. The van der Waals surface area contributed by atoms with Crippen molar-refractivity contribution in [3.8, 4) is 11.8 Å². The Balaban J connectivity index is 1.85. The quantitative estimate of drug-likeness (QED) is 0.742. The molecule has 1 aromatic heterocycles. The number of benzene rings is 2. The fourth-order valence-corrected chi connectivity index (χ4v) is 2.14. The molecule has 0 unspecified atom stereocenters. The molecule has 0 aliphatic heterocycles. The summed E-state index contributed by atoms with van der Waals surface area (Å²) in [6.45, 7) is 4.18. The molecule has 3 rings (SSSR count). The second-order valence-corrected chi connectivity index (χ2v) is 5.11. The highest BCUT2D eigenvalue weighted by Crippen LogP contribution is 2.15. The molecule has 0 aliphatic carbocycles. The number of hydrogen-bond acceptors (Lipinski definition) is 4. The molecule has 0 radical (unpaired) electrons. The minimum atomic E-state index is -0.559. The maximum absolute atomic E-state index is 12.0. The maximum atomic E-state index is 12.0. The van der Waals surface area contributed by atoms with Gasteiger partial charge in [-0.25, -0.2) is 4.79 Å². The SMILES string of the molecule is Cc1ccc(C)c(-n2nc(OCc3ccccc3)oc2=O)c1. The summed E-state index contributed by atoms with van der Waals surface area (Å²) in [7, 11) is 0. The van der Waals surface area contributed by atoms with Gasteiger partial charge in [-0.05, 0) is 36.6 Å².